The predicted octanol–water partition coefficient (Wildman–Crippen LogP) is 2.84. The highest BCUT2D eigenvalue weighted by Crippen LogP contribution is 2.28. The standard InChI is InChI=1S/C14H19N3S/c1-11(13-6-4-10-18-13)17(2)14-12(7-8-15)5-3-9-16-14/h3-6,9-11H,7-8,15H2,1-2H3. The van der Waals surface area contributed by atoms with E-state index in [2.05, 4.69) is 47.4 Å². The van der Waals surface area contributed by atoms with Crippen LogP contribution in [0.2, 0.25) is 0 Å². The lowest BCUT2D eigenvalue weighted by atomic mass is 10.1. The average Bonchev–Trinajstić information content (AvgIpc) is 2.92. The summed E-state index contributed by atoms with van der Waals surface area (Å²) in [6, 6.07) is 8.66. The van der Waals surface area contributed by atoms with E-state index in [1.165, 1.54) is 10.4 Å². The molecule has 0 aliphatic rings. The lowest BCUT2D eigenvalue weighted by molar-refractivity contribution is 0.734. The normalized spacial score (nSPS) is 12.4. The van der Waals surface area contributed by atoms with E-state index in [1.807, 2.05) is 12.3 Å². The van der Waals surface area contributed by atoms with Gasteiger partial charge in [0.15, 0.2) is 0 Å². The van der Waals surface area contributed by atoms with Crippen LogP contribution >= 0.6 is 11.3 Å². The molecule has 0 spiro atoms. The molecule has 3 nitrogen and oxygen atoms in total. The molecule has 2 rings (SSSR count). The number of hydrogen-bond donors (Lipinski definition) is 1. The summed E-state index contributed by atoms with van der Waals surface area (Å²) in [6.45, 7) is 2.85. The fourth-order valence-corrected chi connectivity index (χ4v) is 2.83. The van der Waals surface area contributed by atoms with Crippen LogP contribution in [0.3, 0.4) is 0 Å². The molecule has 18 heavy (non-hydrogen) atoms. The Bertz CT molecular complexity index is 482. The zero-order valence-corrected chi connectivity index (χ0v) is 11.7. The molecule has 0 saturated carbocycles. The van der Waals surface area contributed by atoms with Crippen LogP contribution in [-0.2, 0) is 6.42 Å². The van der Waals surface area contributed by atoms with E-state index in [-0.39, 0.29) is 0 Å². The van der Waals surface area contributed by atoms with Gasteiger partial charge in [-0.2, -0.15) is 0 Å². The Hall–Kier alpha value is -1.39. The second-order valence-electron chi connectivity index (χ2n) is 4.33. The fourth-order valence-electron chi connectivity index (χ4n) is 2.00. The summed E-state index contributed by atoms with van der Waals surface area (Å²) in [5, 5.41) is 2.11. The number of aromatic nitrogens is 1. The van der Waals surface area contributed by atoms with Crippen molar-refractivity contribution < 1.29 is 0 Å². The van der Waals surface area contributed by atoms with Gasteiger partial charge in [-0.1, -0.05) is 12.1 Å². The molecule has 1 unspecified atom stereocenters. The van der Waals surface area contributed by atoms with Gasteiger partial charge in [0.2, 0.25) is 0 Å². The van der Waals surface area contributed by atoms with Crippen molar-refractivity contribution in [1.29, 1.82) is 0 Å². The van der Waals surface area contributed by atoms with Gasteiger partial charge in [-0.3, -0.25) is 0 Å². The van der Waals surface area contributed by atoms with Crippen LogP contribution < -0.4 is 10.6 Å². The van der Waals surface area contributed by atoms with Crippen LogP contribution in [0.5, 0.6) is 0 Å². The molecule has 0 aliphatic carbocycles. The first-order valence-corrected chi connectivity index (χ1v) is 7.02. The van der Waals surface area contributed by atoms with E-state index < -0.39 is 0 Å². The minimum Gasteiger partial charge on any atom is -0.352 e. The monoisotopic (exact) mass is 261 g/mol. The van der Waals surface area contributed by atoms with Crippen LogP contribution in [0, 0.1) is 0 Å². The van der Waals surface area contributed by atoms with Crippen molar-refractivity contribution in [1.82, 2.24) is 4.98 Å². The highest BCUT2D eigenvalue weighted by atomic mass is 32.1. The Balaban J connectivity index is 2.25. The predicted molar refractivity (Wildman–Crippen MR) is 78.1 cm³/mol. The Morgan fingerprint density at radius 1 is 1.39 bits per heavy atom. The van der Waals surface area contributed by atoms with Crippen molar-refractivity contribution in [3.8, 4) is 0 Å². The van der Waals surface area contributed by atoms with E-state index in [0.717, 1.165) is 12.2 Å². The van der Waals surface area contributed by atoms with E-state index in [1.54, 1.807) is 11.3 Å². The summed E-state index contributed by atoms with van der Waals surface area (Å²) >= 11 is 1.78. The van der Waals surface area contributed by atoms with Crippen molar-refractivity contribution in [2.75, 3.05) is 18.5 Å². The number of nitrogens with two attached hydrogens (primary N) is 1. The number of hydrogen-bond acceptors (Lipinski definition) is 4. The molecule has 2 aromatic heterocycles. The second kappa shape index (κ2) is 5.98. The van der Waals surface area contributed by atoms with Crippen LogP contribution in [0.4, 0.5) is 5.82 Å². The number of nitrogens with zero attached hydrogens (tertiary/aromatic N) is 2. The van der Waals surface area contributed by atoms with E-state index in [9.17, 15) is 0 Å². The van der Waals surface area contributed by atoms with Crippen molar-refractivity contribution in [3.05, 3.63) is 46.3 Å². The van der Waals surface area contributed by atoms with Gasteiger partial charge in [0.25, 0.3) is 0 Å². The lowest BCUT2D eigenvalue weighted by Gasteiger charge is -2.27. The minimum atomic E-state index is 0.330. The maximum Gasteiger partial charge on any atom is 0.132 e. The lowest BCUT2D eigenvalue weighted by Crippen LogP contribution is -2.23. The smallest absolute Gasteiger partial charge is 0.132 e. The minimum absolute atomic E-state index is 0.330. The molecule has 0 amide bonds. The van der Waals surface area contributed by atoms with Gasteiger partial charge in [-0.25, -0.2) is 4.98 Å². The highest BCUT2D eigenvalue weighted by molar-refractivity contribution is 7.10. The quantitative estimate of drug-likeness (QED) is 0.900. The molecule has 2 aromatic rings. The summed E-state index contributed by atoms with van der Waals surface area (Å²) in [4.78, 5) is 8.07. The van der Waals surface area contributed by atoms with Gasteiger partial charge in [0.05, 0.1) is 6.04 Å². The number of pyridine rings is 1. The number of anilines is 1. The van der Waals surface area contributed by atoms with E-state index >= 15 is 0 Å². The molecular weight excluding hydrogens is 242 g/mol. The van der Waals surface area contributed by atoms with Gasteiger partial charge in [0, 0.05) is 18.1 Å². The Kier molecular flexibility index (Phi) is 4.33. The Labute approximate surface area is 112 Å². The molecule has 2 heterocycles. The third kappa shape index (κ3) is 2.71. The van der Waals surface area contributed by atoms with Crippen molar-refractivity contribution >= 4 is 17.2 Å². The Morgan fingerprint density at radius 3 is 2.89 bits per heavy atom. The average molecular weight is 261 g/mol. The van der Waals surface area contributed by atoms with Crippen LogP contribution in [-0.4, -0.2) is 18.6 Å². The Morgan fingerprint density at radius 2 is 2.22 bits per heavy atom. The zero-order valence-electron chi connectivity index (χ0n) is 10.8. The second-order valence-corrected chi connectivity index (χ2v) is 5.31. The molecule has 2 N–H and O–H groups in total. The summed E-state index contributed by atoms with van der Waals surface area (Å²) in [6.07, 6.45) is 2.71. The third-order valence-corrected chi connectivity index (χ3v) is 4.19. The molecule has 0 bridgehead atoms. The van der Waals surface area contributed by atoms with Gasteiger partial charge in [-0.15, -0.1) is 11.3 Å². The first-order chi connectivity index (χ1) is 8.74. The number of thiophene rings is 1. The molecule has 0 aromatic carbocycles. The van der Waals surface area contributed by atoms with Crippen molar-refractivity contribution in [2.24, 2.45) is 5.73 Å². The first-order valence-electron chi connectivity index (χ1n) is 6.14. The highest BCUT2D eigenvalue weighted by Gasteiger charge is 2.16. The van der Waals surface area contributed by atoms with Gasteiger partial charge in [-0.05, 0) is 43.0 Å². The SMILES string of the molecule is CC(c1cccs1)N(C)c1ncccc1CCN. The van der Waals surface area contributed by atoms with Crippen molar-refractivity contribution in [2.45, 2.75) is 19.4 Å². The molecule has 1 atom stereocenters. The van der Waals surface area contributed by atoms with E-state index in [0.29, 0.717) is 12.6 Å². The van der Waals surface area contributed by atoms with Gasteiger partial charge in [0.1, 0.15) is 5.82 Å². The zero-order chi connectivity index (χ0) is 13.0. The van der Waals surface area contributed by atoms with Crippen molar-refractivity contribution in [3.63, 3.8) is 0 Å². The van der Waals surface area contributed by atoms with Crippen LogP contribution in [0.15, 0.2) is 35.8 Å². The molecule has 96 valence electrons. The maximum absolute atomic E-state index is 5.66. The molecule has 4 heteroatoms. The largest absolute Gasteiger partial charge is 0.352 e. The van der Waals surface area contributed by atoms with Crippen LogP contribution in [0.1, 0.15) is 23.4 Å². The summed E-state index contributed by atoms with van der Waals surface area (Å²) in [7, 11) is 2.09. The van der Waals surface area contributed by atoms with E-state index in [4.69, 9.17) is 5.73 Å². The van der Waals surface area contributed by atoms with Crippen LogP contribution in [0.25, 0.3) is 0 Å². The fraction of sp³-hybridized carbons (Fsp3) is 0.357. The maximum atomic E-state index is 5.66. The first kappa shape index (κ1) is 13.1. The summed E-state index contributed by atoms with van der Waals surface area (Å²) < 4.78 is 0. The van der Waals surface area contributed by atoms with Gasteiger partial charge >= 0.3 is 0 Å². The van der Waals surface area contributed by atoms with Gasteiger partial charge < -0.3 is 10.6 Å². The molecule has 0 fully saturated rings. The summed E-state index contributed by atoms with van der Waals surface area (Å²) in [5.41, 5.74) is 6.87. The molecule has 0 aliphatic heterocycles. The summed E-state index contributed by atoms with van der Waals surface area (Å²) in [5.74, 6) is 1.03. The number of rotatable bonds is 5. The topological polar surface area (TPSA) is 42.2 Å². The molecule has 0 radical (unpaired) electrons. The third-order valence-electron chi connectivity index (χ3n) is 3.15. The molecular formula is C14H19N3S. The molecule has 0 saturated heterocycles.